The van der Waals surface area contributed by atoms with E-state index in [0.717, 1.165) is 12.1 Å². The Morgan fingerprint density at radius 3 is 2.08 bits per heavy atom. The van der Waals surface area contributed by atoms with Gasteiger partial charge >= 0.3 is 0 Å². The normalized spacial score (nSPS) is 10.7. The first-order valence-corrected chi connectivity index (χ1v) is 9.94. The second-order valence-electron chi connectivity index (χ2n) is 6.72. The summed E-state index contributed by atoms with van der Waals surface area (Å²) in [7, 11) is 0. The minimum Gasteiger partial charge on any atom is -0.512 e. The van der Waals surface area contributed by atoms with Gasteiger partial charge in [0.2, 0.25) is 6.19 Å². The molecule has 0 aromatic heterocycles. The van der Waals surface area contributed by atoms with E-state index in [9.17, 15) is 29.8 Å². The van der Waals surface area contributed by atoms with Crippen LogP contribution >= 0.6 is 0 Å². The quantitative estimate of drug-likeness (QED) is 0.0854. The van der Waals surface area contributed by atoms with Crippen molar-refractivity contribution in [3.8, 4) is 23.8 Å². The van der Waals surface area contributed by atoms with Gasteiger partial charge < -0.3 is 19.9 Å². The number of nitriles is 2. The third-order valence-corrected chi connectivity index (χ3v) is 3.86. The molecule has 0 radical (unpaired) electrons. The Kier molecular flexibility index (Phi) is 11.2. The van der Waals surface area contributed by atoms with Crippen LogP contribution < -0.4 is 15.2 Å². The van der Waals surface area contributed by atoms with Gasteiger partial charge in [-0.3, -0.25) is 29.8 Å². The molecule has 0 aliphatic rings. The number of nitro benzene ring substituents is 2. The lowest BCUT2D eigenvalue weighted by atomic mass is 10.2. The fraction of sp³-hybridized carbons (Fsp3) is 0.0909. The van der Waals surface area contributed by atoms with Crippen LogP contribution in [0.4, 0.5) is 11.4 Å². The summed E-state index contributed by atoms with van der Waals surface area (Å²) < 4.78 is 0. The fourth-order valence-corrected chi connectivity index (χ4v) is 2.20. The van der Waals surface area contributed by atoms with Gasteiger partial charge in [-0.1, -0.05) is 11.1 Å². The SMILES string of the molecule is C/C(O)=C(/C#N)C(=O)NOc1cccc([N+](=O)[O-])c1.CC(O)=CC(=O)N(C#N)Oc1ccc([N+](=O)[O-])cc1. The third kappa shape index (κ3) is 9.60. The average Bonchev–Trinajstić information content (AvgIpc) is 2.86. The Hall–Kier alpha value is -6.16. The molecule has 0 heterocycles. The minimum absolute atomic E-state index is 0.0235. The maximum absolute atomic E-state index is 11.4. The van der Waals surface area contributed by atoms with Crippen LogP contribution in [0.15, 0.2) is 71.7 Å². The van der Waals surface area contributed by atoms with Gasteiger partial charge in [-0.25, -0.2) is 0 Å². The molecular weight excluding hydrogens is 508 g/mol. The highest BCUT2D eigenvalue weighted by molar-refractivity contribution is 5.97. The summed E-state index contributed by atoms with van der Waals surface area (Å²) in [5.41, 5.74) is 1.03. The number of hydrogen-bond acceptors (Lipinski definition) is 12. The number of hydroxylamine groups is 3. The molecule has 0 aliphatic carbocycles. The smallest absolute Gasteiger partial charge is 0.297 e. The molecule has 2 rings (SSSR count). The second-order valence-corrected chi connectivity index (χ2v) is 6.72. The van der Waals surface area contributed by atoms with Gasteiger partial charge in [-0.2, -0.15) is 16.0 Å². The summed E-state index contributed by atoms with van der Waals surface area (Å²) in [6.45, 7) is 2.44. The van der Waals surface area contributed by atoms with E-state index in [1.807, 2.05) is 5.48 Å². The summed E-state index contributed by atoms with van der Waals surface area (Å²) in [6, 6.07) is 11.4. The van der Waals surface area contributed by atoms with Crippen LogP contribution in [0.25, 0.3) is 0 Å². The zero-order valence-corrected chi connectivity index (χ0v) is 19.6. The van der Waals surface area contributed by atoms with Crippen molar-refractivity contribution >= 4 is 23.2 Å². The van der Waals surface area contributed by atoms with Gasteiger partial charge in [0.25, 0.3) is 23.2 Å². The third-order valence-electron chi connectivity index (χ3n) is 3.86. The number of rotatable bonds is 8. The van der Waals surface area contributed by atoms with Gasteiger partial charge in [0, 0.05) is 24.3 Å². The number of carbonyl (C=O) groups is 2. The highest BCUT2D eigenvalue weighted by atomic mass is 16.7. The van der Waals surface area contributed by atoms with Crippen LogP contribution in [0.2, 0.25) is 0 Å². The molecular formula is C22H18N6O10. The number of hydrogen-bond donors (Lipinski definition) is 3. The highest BCUT2D eigenvalue weighted by Gasteiger charge is 2.15. The van der Waals surface area contributed by atoms with Gasteiger partial charge in [-0.05, 0) is 32.0 Å². The lowest BCUT2D eigenvalue weighted by molar-refractivity contribution is -0.385. The molecule has 2 aromatic rings. The number of aliphatic hydroxyl groups excluding tert-OH is 2. The van der Waals surface area contributed by atoms with Crippen LogP contribution in [-0.2, 0) is 9.59 Å². The molecule has 196 valence electrons. The Morgan fingerprint density at radius 2 is 1.61 bits per heavy atom. The van der Waals surface area contributed by atoms with Crippen molar-refractivity contribution in [2.24, 2.45) is 0 Å². The Balaban J connectivity index is 0.000000380. The first-order valence-electron chi connectivity index (χ1n) is 9.94. The van der Waals surface area contributed by atoms with E-state index in [2.05, 4.69) is 0 Å². The number of nitrogens with one attached hydrogen (secondary N) is 1. The maximum Gasteiger partial charge on any atom is 0.297 e. The molecule has 0 unspecified atom stereocenters. The highest BCUT2D eigenvalue weighted by Crippen LogP contribution is 2.19. The molecule has 0 spiro atoms. The number of amides is 2. The minimum atomic E-state index is -0.950. The van der Waals surface area contributed by atoms with E-state index < -0.39 is 33.0 Å². The predicted octanol–water partition coefficient (Wildman–Crippen LogP) is 3.02. The predicted molar refractivity (Wildman–Crippen MR) is 125 cm³/mol. The zero-order chi connectivity index (χ0) is 28.8. The second kappa shape index (κ2) is 14.3. The van der Waals surface area contributed by atoms with Crippen molar-refractivity contribution in [1.82, 2.24) is 10.5 Å². The number of nitro groups is 2. The Bertz CT molecular complexity index is 1350. The molecule has 0 aliphatic heterocycles. The number of carbonyl (C=O) groups excluding carboxylic acids is 2. The van der Waals surface area contributed by atoms with Crippen LogP contribution in [0.5, 0.6) is 11.5 Å². The lowest BCUT2D eigenvalue weighted by Crippen LogP contribution is -2.28. The van der Waals surface area contributed by atoms with Gasteiger partial charge in [-0.15, -0.1) is 0 Å². The molecule has 3 N–H and O–H groups in total. The molecule has 0 atom stereocenters. The molecule has 0 bridgehead atoms. The van der Waals surface area contributed by atoms with E-state index in [0.29, 0.717) is 5.06 Å². The number of benzene rings is 2. The number of aliphatic hydroxyl groups is 2. The standard InChI is InChI=1S/2C11H9N3O5/c1-8(15)6-11(16)13(7-12)19-10-4-2-9(3-5-10)14(17)18;1-7(15)10(6-12)11(16)13-19-9-4-2-3-8(5-9)14(17)18/h2-6,15H,1H3;2-5,15H,1H3,(H,13,16)/b;10-7+. The molecule has 16 heteroatoms. The topological polar surface area (TPSA) is 242 Å². The first kappa shape index (κ1) is 29.9. The van der Waals surface area contributed by atoms with E-state index in [1.54, 1.807) is 0 Å². The van der Waals surface area contributed by atoms with Crippen molar-refractivity contribution in [3.63, 3.8) is 0 Å². The fourth-order valence-electron chi connectivity index (χ4n) is 2.20. The van der Waals surface area contributed by atoms with Crippen molar-refractivity contribution < 1.29 is 39.3 Å². The molecule has 16 nitrogen and oxygen atoms in total. The van der Waals surface area contributed by atoms with Crippen molar-refractivity contribution in [3.05, 3.63) is 91.9 Å². The van der Waals surface area contributed by atoms with Crippen LogP contribution in [0, 0.1) is 43.0 Å². The summed E-state index contributed by atoms with van der Waals surface area (Å²) in [5.74, 6) is -2.46. The van der Waals surface area contributed by atoms with Crippen LogP contribution in [0.1, 0.15) is 13.8 Å². The monoisotopic (exact) mass is 526 g/mol. The molecule has 0 saturated heterocycles. The average molecular weight is 526 g/mol. The molecule has 38 heavy (non-hydrogen) atoms. The van der Waals surface area contributed by atoms with E-state index in [-0.39, 0.29) is 28.6 Å². The van der Waals surface area contributed by atoms with Crippen molar-refractivity contribution in [1.29, 1.82) is 10.5 Å². The maximum atomic E-state index is 11.4. The molecule has 2 amide bonds. The van der Waals surface area contributed by atoms with E-state index >= 15 is 0 Å². The zero-order valence-electron chi connectivity index (χ0n) is 19.6. The summed E-state index contributed by atoms with van der Waals surface area (Å²) >= 11 is 0. The number of allylic oxidation sites excluding steroid dienone is 2. The van der Waals surface area contributed by atoms with Crippen LogP contribution in [0.3, 0.4) is 0 Å². The van der Waals surface area contributed by atoms with Gasteiger partial charge in [0.1, 0.15) is 11.8 Å². The van der Waals surface area contributed by atoms with Crippen molar-refractivity contribution in [2.45, 2.75) is 13.8 Å². The van der Waals surface area contributed by atoms with E-state index in [1.165, 1.54) is 68.6 Å². The van der Waals surface area contributed by atoms with Gasteiger partial charge in [0.15, 0.2) is 17.1 Å². The largest absolute Gasteiger partial charge is 0.512 e. The molecule has 2 aromatic carbocycles. The lowest BCUT2D eigenvalue weighted by Gasteiger charge is -2.11. The summed E-state index contributed by atoms with van der Waals surface area (Å²) in [4.78, 5) is 52.2. The van der Waals surface area contributed by atoms with Crippen LogP contribution in [-0.4, -0.2) is 36.9 Å². The molecule has 0 fully saturated rings. The number of non-ortho nitro benzene ring substituents is 2. The summed E-state index contributed by atoms with van der Waals surface area (Å²) in [6.07, 6.45) is 2.27. The molecule has 0 saturated carbocycles. The Labute approximate surface area is 213 Å². The first-order chi connectivity index (χ1) is 17.9. The summed E-state index contributed by atoms with van der Waals surface area (Å²) in [5, 5.41) is 56.6. The Morgan fingerprint density at radius 1 is 1.00 bits per heavy atom. The van der Waals surface area contributed by atoms with Crippen molar-refractivity contribution in [2.75, 3.05) is 0 Å². The number of nitrogens with zero attached hydrogens (tertiary/aromatic N) is 5. The van der Waals surface area contributed by atoms with Gasteiger partial charge in [0.05, 0.1) is 21.7 Å². The van der Waals surface area contributed by atoms with E-state index in [4.69, 9.17) is 30.4 Å².